The van der Waals surface area contributed by atoms with Gasteiger partial charge >= 0.3 is 6.36 Å². The van der Waals surface area contributed by atoms with E-state index in [4.69, 9.17) is 0 Å². The van der Waals surface area contributed by atoms with Gasteiger partial charge in [-0.1, -0.05) is 42.1 Å². The van der Waals surface area contributed by atoms with E-state index in [1.165, 1.54) is 47.0 Å². The number of amidine groups is 1. The molecular weight excluding hydrogens is 543 g/mol. The summed E-state index contributed by atoms with van der Waals surface area (Å²) in [5.74, 6) is 0.358. The lowest BCUT2D eigenvalue weighted by molar-refractivity contribution is -0.274. The summed E-state index contributed by atoms with van der Waals surface area (Å²) in [7, 11) is 3.87. The van der Waals surface area contributed by atoms with Gasteiger partial charge in [0, 0.05) is 25.3 Å². The third kappa shape index (κ3) is 6.31. The fraction of sp³-hybridized carbons (Fsp3) is 0.148. The molecular formula is C27H22F3N7O2S. The van der Waals surface area contributed by atoms with Crippen molar-refractivity contribution in [3.8, 4) is 22.8 Å². The van der Waals surface area contributed by atoms with E-state index >= 15 is 0 Å². The third-order valence-corrected chi connectivity index (χ3v) is 6.63. The Morgan fingerprint density at radius 3 is 2.48 bits per heavy atom. The minimum atomic E-state index is -4.75. The quantitative estimate of drug-likeness (QED) is 0.221. The van der Waals surface area contributed by atoms with Crippen molar-refractivity contribution < 1.29 is 22.7 Å². The Labute approximate surface area is 231 Å². The standard InChI is InChI=1S/C27H22F3N7O2S/c1-35(2)21-4-3-5-22(14-21)37-24(38)16-40-26(37)33-32-15-18-6-8-19(9-7-18)25-31-17-36(34-25)20-10-12-23(13-11-20)39-27(28,29)30/h3-15,17H,16H2,1-2H3/b32-15+,33-26-. The minimum Gasteiger partial charge on any atom is -0.406 e. The second-order valence-corrected chi connectivity index (χ2v) is 9.68. The molecule has 0 saturated carbocycles. The molecule has 1 aromatic heterocycles. The van der Waals surface area contributed by atoms with E-state index in [2.05, 4.69) is 25.0 Å². The van der Waals surface area contributed by atoms with Gasteiger partial charge in [-0.3, -0.25) is 9.69 Å². The van der Waals surface area contributed by atoms with Crippen LogP contribution in [0.5, 0.6) is 5.75 Å². The Morgan fingerprint density at radius 1 is 1.02 bits per heavy atom. The number of hydrogen-bond acceptors (Lipinski definition) is 8. The molecule has 4 aromatic rings. The summed E-state index contributed by atoms with van der Waals surface area (Å²) in [4.78, 5) is 20.3. The van der Waals surface area contributed by atoms with Crippen LogP contribution in [-0.2, 0) is 4.79 Å². The normalized spacial score (nSPS) is 14.9. The number of nitrogens with zero attached hydrogens (tertiary/aromatic N) is 7. The number of aromatic nitrogens is 3. The van der Waals surface area contributed by atoms with Gasteiger partial charge in [0.15, 0.2) is 11.0 Å². The fourth-order valence-electron chi connectivity index (χ4n) is 3.78. The number of thioether (sulfide) groups is 1. The number of rotatable bonds is 7. The Morgan fingerprint density at radius 2 is 1.77 bits per heavy atom. The lowest BCUT2D eigenvalue weighted by Crippen LogP contribution is -2.29. The van der Waals surface area contributed by atoms with Crippen molar-refractivity contribution in [3.05, 3.63) is 84.7 Å². The van der Waals surface area contributed by atoms with Gasteiger partial charge in [-0.05, 0) is 48.0 Å². The number of halogens is 3. The maximum absolute atomic E-state index is 12.5. The van der Waals surface area contributed by atoms with Crippen LogP contribution in [-0.4, -0.2) is 58.3 Å². The highest BCUT2D eigenvalue weighted by Gasteiger charge is 2.31. The van der Waals surface area contributed by atoms with Crippen LogP contribution in [0.25, 0.3) is 17.1 Å². The average Bonchev–Trinajstić information content (AvgIpc) is 3.56. The molecule has 0 spiro atoms. The van der Waals surface area contributed by atoms with Crippen LogP contribution >= 0.6 is 11.8 Å². The summed E-state index contributed by atoms with van der Waals surface area (Å²) in [5.41, 5.74) is 3.75. The van der Waals surface area contributed by atoms with Crippen LogP contribution in [0.15, 0.2) is 89.3 Å². The Kier molecular flexibility index (Phi) is 7.56. The average molecular weight is 566 g/mol. The van der Waals surface area contributed by atoms with E-state index in [0.717, 1.165) is 22.5 Å². The number of anilines is 2. The minimum absolute atomic E-state index is 0.0586. The van der Waals surface area contributed by atoms with Crippen LogP contribution < -0.4 is 14.5 Å². The van der Waals surface area contributed by atoms with Crippen molar-refractivity contribution in [2.75, 3.05) is 29.6 Å². The first kappa shape index (κ1) is 26.9. The summed E-state index contributed by atoms with van der Waals surface area (Å²) in [6.07, 6.45) is -1.69. The first-order valence-electron chi connectivity index (χ1n) is 11.9. The molecule has 1 fully saturated rings. The molecule has 0 N–H and O–H groups in total. The zero-order valence-corrected chi connectivity index (χ0v) is 22.1. The van der Waals surface area contributed by atoms with Crippen molar-refractivity contribution >= 4 is 40.4 Å². The zero-order valence-electron chi connectivity index (χ0n) is 21.3. The molecule has 0 radical (unpaired) electrons. The summed E-state index contributed by atoms with van der Waals surface area (Å²) in [6, 6.07) is 20.3. The predicted octanol–water partition coefficient (Wildman–Crippen LogP) is 5.37. The van der Waals surface area contributed by atoms with Crippen LogP contribution in [0.3, 0.4) is 0 Å². The Bertz CT molecular complexity index is 1570. The SMILES string of the molecule is CN(C)c1cccc(N2C(=O)CS/C2=N\N=C\c2ccc(-c3ncn(-c4ccc(OC(F)(F)F)cc4)n3)cc2)c1. The van der Waals surface area contributed by atoms with Gasteiger partial charge < -0.3 is 9.64 Å². The molecule has 5 rings (SSSR count). The monoisotopic (exact) mass is 565 g/mol. The lowest BCUT2D eigenvalue weighted by atomic mass is 10.1. The number of benzene rings is 3. The molecule has 0 aliphatic carbocycles. The van der Waals surface area contributed by atoms with E-state index in [0.29, 0.717) is 22.4 Å². The molecule has 1 aliphatic rings. The maximum Gasteiger partial charge on any atom is 0.573 e. The van der Waals surface area contributed by atoms with E-state index in [9.17, 15) is 18.0 Å². The highest BCUT2D eigenvalue weighted by molar-refractivity contribution is 8.15. The molecule has 0 atom stereocenters. The van der Waals surface area contributed by atoms with Gasteiger partial charge in [0.2, 0.25) is 5.91 Å². The number of ether oxygens (including phenoxy) is 1. The number of alkyl halides is 3. The first-order valence-corrected chi connectivity index (χ1v) is 12.9. The van der Waals surface area contributed by atoms with E-state index < -0.39 is 6.36 Å². The van der Waals surface area contributed by atoms with Crippen LogP contribution in [0.1, 0.15) is 5.56 Å². The van der Waals surface area contributed by atoms with Crippen LogP contribution in [0, 0.1) is 0 Å². The highest BCUT2D eigenvalue weighted by atomic mass is 32.2. The summed E-state index contributed by atoms with van der Waals surface area (Å²) in [6.45, 7) is 0. The van der Waals surface area contributed by atoms with E-state index in [1.54, 1.807) is 11.1 Å². The molecule has 1 saturated heterocycles. The molecule has 0 bridgehead atoms. The zero-order chi connectivity index (χ0) is 28.3. The van der Waals surface area contributed by atoms with E-state index in [-0.39, 0.29) is 11.7 Å². The molecule has 40 heavy (non-hydrogen) atoms. The molecule has 2 heterocycles. The number of hydrogen-bond donors (Lipinski definition) is 0. The molecule has 3 aromatic carbocycles. The molecule has 0 unspecified atom stereocenters. The smallest absolute Gasteiger partial charge is 0.406 e. The molecule has 1 aliphatic heterocycles. The van der Waals surface area contributed by atoms with Crippen molar-refractivity contribution in [1.82, 2.24) is 14.8 Å². The van der Waals surface area contributed by atoms with Gasteiger partial charge in [0.05, 0.1) is 23.3 Å². The van der Waals surface area contributed by atoms with Crippen LogP contribution in [0.4, 0.5) is 24.5 Å². The van der Waals surface area contributed by atoms with E-state index in [1.807, 2.05) is 67.5 Å². The second kappa shape index (κ2) is 11.2. The summed E-state index contributed by atoms with van der Waals surface area (Å²) in [5, 5.41) is 13.4. The molecule has 204 valence electrons. The Balaban J connectivity index is 1.26. The lowest BCUT2D eigenvalue weighted by Gasteiger charge is -2.18. The van der Waals surface area contributed by atoms with Gasteiger partial charge in [-0.25, -0.2) is 9.67 Å². The number of amides is 1. The van der Waals surface area contributed by atoms with Gasteiger partial charge in [-0.2, -0.15) is 5.10 Å². The summed E-state index contributed by atoms with van der Waals surface area (Å²) >= 11 is 1.33. The van der Waals surface area contributed by atoms with Crippen molar-refractivity contribution in [2.45, 2.75) is 6.36 Å². The third-order valence-electron chi connectivity index (χ3n) is 5.72. The van der Waals surface area contributed by atoms with Crippen molar-refractivity contribution in [3.63, 3.8) is 0 Å². The van der Waals surface area contributed by atoms with Crippen LogP contribution in [0.2, 0.25) is 0 Å². The largest absolute Gasteiger partial charge is 0.573 e. The second-order valence-electron chi connectivity index (χ2n) is 8.74. The first-order chi connectivity index (χ1) is 19.2. The number of carbonyl (C=O) groups excluding carboxylic acids is 1. The van der Waals surface area contributed by atoms with Gasteiger partial charge in [0.25, 0.3) is 0 Å². The fourth-order valence-corrected chi connectivity index (χ4v) is 4.61. The molecule has 9 nitrogen and oxygen atoms in total. The van der Waals surface area contributed by atoms with Crippen molar-refractivity contribution in [1.29, 1.82) is 0 Å². The molecule has 13 heteroatoms. The number of carbonyl (C=O) groups is 1. The highest BCUT2D eigenvalue weighted by Crippen LogP contribution is 2.29. The maximum atomic E-state index is 12.5. The van der Waals surface area contributed by atoms with Gasteiger partial charge in [-0.15, -0.1) is 23.4 Å². The Hall–Kier alpha value is -4.65. The molecule has 1 amide bonds. The summed E-state index contributed by atoms with van der Waals surface area (Å²) < 4.78 is 42.5. The van der Waals surface area contributed by atoms with Gasteiger partial charge in [0.1, 0.15) is 12.1 Å². The topological polar surface area (TPSA) is 88.2 Å². The van der Waals surface area contributed by atoms with Crippen molar-refractivity contribution in [2.24, 2.45) is 10.2 Å². The predicted molar refractivity (Wildman–Crippen MR) is 149 cm³/mol.